The van der Waals surface area contributed by atoms with Crippen molar-refractivity contribution in [1.82, 2.24) is 0 Å². The lowest BCUT2D eigenvalue weighted by molar-refractivity contribution is -0.167. The molecule has 0 rings (SSSR count). The molecule has 0 aromatic rings. The number of unbranched alkanes of at least 4 members (excludes halogenated alkanes) is 41. The first-order chi connectivity index (χ1) is 36.5. The minimum Gasteiger partial charge on any atom is -0.462 e. The molecular weight excluding hydrogens is 913 g/mol. The first-order valence-corrected chi connectivity index (χ1v) is 32.6. The van der Waals surface area contributed by atoms with Crippen molar-refractivity contribution in [2.24, 2.45) is 0 Å². The van der Waals surface area contributed by atoms with Gasteiger partial charge in [-0.1, -0.05) is 320 Å². The molecule has 0 aliphatic carbocycles. The van der Waals surface area contributed by atoms with Gasteiger partial charge in [0, 0.05) is 19.3 Å². The Bertz CT molecular complexity index is 1280. The fourth-order valence-electron chi connectivity index (χ4n) is 9.73. The van der Waals surface area contributed by atoms with Gasteiger partial charge in [0.25, 0.3) is 0 Å². The highest BCUT2D eigenvalue weighted by molar-refractivity contribution is 5.71. The zero-order chi connectivity index (χ0) is 53.6. The molecule has 0 saturated heterocycles. The summed E-state index contributed by atoms with van der Waals surface area (Å²) < 4.78 is 16.9. The van der Waals surface area contributed by atoms with E-state index in [-0.39, 0.29) is 31.1 Å². The van der Waals surface area contributed by atoms with Crippen LogP contribution in [0, 0.1) is 0 Å². The maximum atomic E-state index is 12.9. The van der Waals surface area contributed by atoms with Gasteiger partial charge in [-0.25, -0.2) is 0 Å². The second-order valence-corrected chi connectivity index (χ2v) is 22.0. The van der Waals surface area contributed by atoms with E-state index in [2.05, 4.69) is 69.4 Å². The van der Waals surface area contributed by atoms with E-state index in [1.165, 1.54) is 225 Å². The fourth-order valence-corrected chi connectivity index (χ4v) is 9.73. The molecule has 0 amide bonds. The molecule has 0 N–H and O–H groups in total. The standard InChI is InChI=1S/C68H124O6/c1-4-7-10-13-16-19-22-25-27-29-31-33-34-36-37-39-41-43-46-49-52-55-58-61-67(70)73-64-65(63-72-66(69)60-57-54-51-48-45-24-21-18-15-12-9-6-3)74-68(71)62-59-56-53-50-47-44-42-40-38-35-32-30-28-26-23-20-17-14-11-8-5-2/h7,10,16,19,25,27,31,33,65H,4-6,8-9,11-15,17-18,20-24,26,28-30,32,34-64H2,1-3H3/b10-7-,19-16-,27-25-,33-31-. The molecule has 0 fully saturated rings. The monoisotopic (exact) mass is 1040 g/mol. The third kappa shape index (κ3) is 60.2. The van der Waals surface area contributed by atoms with Crippen LogP contribution >= 0.6 is 0 Å². The van der Waals surface area contributed by atoms with E-state index < -0.39 is 6.10 Å². The van der Waals surface area contributed by atoms with Crippen LogP contribution in [0.4, 0.5) is 0 Å². The highest BCUT2D eigenvalue weighted by Crippen LogP contribution is 2.18. The van der Waals surface area contributed by atoms with Gasteiger partial charge in [-0.2, -0.15) is 0 Å². The van der Waals surface area contributed by atoms with Crippen molar-refractivity contribution in [2.75, 3.05) is 13.2 Å². The predicted molar refractivity (Wildman–Crippen MR) is 321 cm³/mol. The van der Waals surface area contributed by atoms with Crippen molar-refractivity contribution in [3.63, 3.8) is 0 Å². The van der Waals surface area contributed by atoms with Crippen LogP contribution < -0.4 is 0 Å². The lowest BCUT2D eigenvalue weighted by Crippen LogP contribution is -2.30. The molecule has 432 valence electrons. The number of allylic oxidation sites excluding steroid dienone is 8. The van der Waals surface area contributed by atoms with Crippen molar-refractivity contribution in [3.05, 3.63) is 48.6 Å². The normalized spacial score (nSPS) is 12.3. The third-order valence-corrected chi connectivity index (χ3v) is 14.6. The van der Waals surface area contributed by atoms with Crippen molar-refractivity contribution >= 4 is 17.9 Å². The fraction of sp³-hybridized carbons (Fsp3) is 0.838. The largest absolute Gasteiger partial charge is 0.462 e. The molecule has 0 aromatic carbocycles. The lowest BCUT2D eigenvalue weighted by Gasteiger charge is -2.18. The molecule has 0 spiro atoms. The molecule has 6 nitrogen and oxygen atoms in total. The average molecular weight is 1040 g/mol. The Kier molecular flexibility index (Phi) is 60.7. The zero-order valence-electron chi connectivity index (χ0n) is 49.6. The van der Waals surface area contributed by atoms with Crippen molar-refractivity contribution in [3.8, 4) is 0 Å². The van der Waals surface area contributed by atoms with Gasteiger partial charge < -0.3 is 14.2 Å². The molecular formula is C68H124O6. The topological polar surface area (TPSA) is 78.9 Å². The van der Waals surface area contributed by atoms with Gasteiger partial charge in [0.1, 0.15) is 13.2 Å². The number of hydrogen-bond donors (Lipinski definition) is 0. The second kappa shape index (κ2) is 62.9. The Hall–Kier alpha value is -2.63. The van der Waals surface area contributed by atoms with E-state index in [1.807, 2.05) is 0 Å². The van der Waals surface area contributed by atoms with Gasteiger partial charge in [0.2, 0.25) is 0 Å². The number of ether oxygens (including phenoxy) is 3. The van der Waals surface area contributed by atoms with Crippen LogP contribution in [0.15, 0.2) is 48.6 Å². The summed E-state index contributed by atoms with van der Waals surface area (Å²) in [6.07, 6.45) is 78.3. The number of hydrogen-bond acceptors (Lipinski definition) is 6. The molecule has 0 aliphatic rings. The number of esters is 3. The minimum atomic E-state index is -0.771. The Morgan fingerprint density at radius 3 is 0.824 bits per heavy atom. The quantitative estimate of drug-likeness (QED) is 0.0261. The van der Waals surface area contributed by atoms with Crippen LogP contribution in [0.2, 0.25) is 0 Å². The summed E-state index contributed by atoms with van der Waals surface area (Å²) in [5, 5.41) is 0. The summed E-state index contributed by atoms with van der Waals surface area (Å²) in [5.74, 6) is -0.849. The van der Waals surface area contributed by atoms with Gasteiger partial charge in [0.05, 0.1) is 0 Å². The molecule has 1 atom stereocenters. The third-order valence-electron chi connectivity index (χ3n) is 14.6. The average Bonchev–Trinajstić information content (AvgIpc) is 3.40. The van der Waals surface area contributed by atoms with Gasteiger partial charge in [-0.15, -0.1) is 0 Å². The highest BCUT2D eigenvalue weighted by Gasteiger charge is 2.19. The molecule has 0 saturated carbocycles. The van der Waals surface area contributed by atoms with E-state index in [9.17, 15) is 14.4 Å². The molecule has 0 aliphatic heterocycles. The van der Waals surface area contributed by atoms with Crippen LogP contribution in [0.3, 0.4) is 0 Å². The maximum absolute atomic E-state index is 12.9. The first kappa shape index (κ1) is 71.4. The number of carbonyl (C=O) groups excluding carboxylic acids is 3. The number of carbonyl (C=O) groups is 3. The second-order valence-electron chi connectivity index (χ2n) is 22.0. The van der Waals surface area contributed by atoms with Crippen molar-refractivity contribution in [2.45, 2.75) is 354 Å². The first-order valence-electron chi connectivity index (χ1n) is 32.6. The van der Waals surface area contributed by atoms with E-state index in [4.69, 9.17) is 14.2 Å². The lowest BCUT2D eigenvalue weighted by atomic mass is 10.0. The Labute approximate surface area is 460 Å². The highest BCUT2D eigenvalue weighted by atomic mass is 16.6. The molecule has 0 radical (unpaired) electrons. The van der Waals surface area contributed by atoms with Crippen molar-refractivity contribution in [1.29, 1.82) is 0 Å². The predicted octanol–water partition coefficient (Wildman–Crippen LogP) is 22.2. The van der Waals surface area contributed by atoms with Gasteiger partial charge in [-0.3, -0.25) is 14.4 Å². The van der Waals surface area contributed by atoms with E-state index in [1.54, 1.807) is 0 Å². The molecule has 0 heterocycles. The Morgan fingerprint density at radius 1 is 0.284 bits per heavy atom. The van der Waals surface area contributed by atoms with Crippen LogP contribution in [-0.4, -0.2) is 37.2 Å². The van der Waals surface area contributed by atoms with Crippen LogP contribution in [0.1, 0.15) is 348 Å². The van der Waals surface area contributed by atoms with Gasteiger partial charge in [-0.05, 0) is 57.8 Å². The van der Waals surface area contributed by atoms with E-state index in [0.717, 1.165) is 83.5 Å². The molecule has 0 aromatic heterocycles. The zero-order valence-corrected chi connectivity index (χ0v) is 49.6. The Morgan fingerprint density at radius 2 is 0.527 bits per heavy atom. The van der Waals surface area contributed by atoms with E-state index >= 15 is 0 Å². The molecule has 1 unspecified atom stereocenters. The molecule has 74 heavy (non-hydrogen) atoms. The maximum Gasteiger partial charge on any atom is 0.306 e. The summed E-state index contributed by atoms with van der Waals surface area (Å²) in [5.41, 5.74) is 0. The minimum absolute atomic E-state index is 0.0687. The smallest absolute Gasteiger partial charge is 0.306 e. The molecule has 6 heteroatoms. The Balaban J connectivity index is 4.26. The number of rotatable bonds is 60. The summed E-state index contributed by atoms with van der Waals surface area (Å²) in [7, 11) is 0. The SMILES string of the molecule is CC/C=C\C/C=C\C/C=C\C/C=C\CCCCCCCCCCCCC(=O)OCC(COC(=O)CCCCCCCCCCCCCC)OC(=O)CCCCCCCCCCCCCCCCCCCCCCC. The summed E-state index contributed by atoms with van der Waals surface area (Å²) in [6, 6.07) is 0. The summed E-state index contributed by atoms with van der Waals surface area (Å²) in [6.45, 7) is 6.58. The van der Waals surface area contributed by atoms with E-state index in [0.29, 0.717) is 19.3 Å². The van der Waals surface area contributed by atoms with Crippen LogP contribution in [-0.2, 0) is 28.6 Å². The molecule has 0 bridgehead atoms. The summed E-state index contributed by atoms with van der Waals surface area (Å²) >= 11 is 0. The van der Waals surface area contributed by atoms with Gasteiger partial charge in [0.15, 0.2) is 6.10 Å². The van der Waals surface area contributed by atoms with Gasteiger partial charge >= 0.3 is 17.9 Å². The van der Waals surface area contributed by atoms with Crippen molar-refractivity contribution < 1.29 is 28.6 Å². The van der Waals surface area contributed by atoms with Crippen LogP contribution in [0.5, 0.6) is 0 Å². The van der Waals surface area contributed by atoms with Crippen LogP contribution in [0.25, 0.3) is 0 Å². The summed E-state index contributed by atoms with van der Waals surface area (Å²) in [4.78, 5) is 38.3.